The van der Waals surface area contributed by atoms with Crippen LogP contribution in [0.2, 0.25) is 0 Å². The van der Waals surface area contributed by atoms with Crippen LogP contribution in [0.25, 0.3) is 12.2 Å². The summed E-state index contributed by atoms with van der Waals surface area (Å²) in [7, 11) is 0. The average molecular weight is 276 g/mol. The maximum atomic E-state index is 10.7. The zero-order chi connectivity index (χ0) is 13.9. The van der Waals surface area contributed by atoms with Gasteiger partial charge in [-0.15, -0.1) is 0 Å². The fraction of sp³-hybridized carbons (Fsp3) is 0. The smallest absolute Gasteiger partial charge is 0.267 e. The first kappa shape index (κ1) is 14.6. The number of benzene rings is 2. The van der Waals surface area contributed by atoms with Crippen molar-refractivity contribution < 1.29 is 9.59 Å². The second kappa shape index (κ2) is 6.09. The van der Waals surface area contributed by atoms with Crippen molar-refractivity contribution in [3.05, 3.63) is 69.7 Å². The summed E-state index contributed by atoms with van der Waals surface area (Å²) in [5.74, 6) is -0.303. The molecule has 0 aromatic heterocycles. The Morgan fingerprint density at radius 1 is 0.619 bits per heavy atom. The van der Waals surface area contributed by atoms with Crippen LogP contribution in [0.5, 0.6) is 0 Å². The van der Waals surface area contributed by atoms with Gasteiger partial charge in [-0.05, 0) is 12.1 Å². The van der Waals surface area contributed by atoms with Crippen molar-refractivity contribution in [2.45, 2.75) is 0 Å². The molecule has 21 heavy (non-hydrogen) atoms. The van der Waals surface area contributed by atoms with Gasteiger partial charge in [0.1, 0.15) is 0 Å². The molecule has 2 aliphatic rings. The molecule has 0 unspecified atom stereocenters. The van der Waals surface area contributed by atoms with E-state index in [0.717, 1.165) is 21.2 Å². The highest BCUT2D eigenvalue weighted by Crippen LogP contribution is 1.82. The number of hydrogen-bond donors (Lipinski definition) is 0. The molecule has 4 nitrogen and oxygen atoms in total. The van der Waals surface area contributed by atoms with Crippen LogP contribution >= 0.6 is 0 Å². The SMILES string of the molecule is B.O=C1C=c2ccccc2=N1.O=C1C=c2ccccc2=N1. The minimum absolute atomic E-state index is 0. The second-order valence-corrected chi connectivity index (χ2v) is 4.31. The fourth-order valence-corrected chi connectivity index (χ4v) is 1.99. The molecule has 2 amide bonds. The number of fused-ring (bicyclic) bond motifs is 2. The third-order valence-corrected chi connectivity index (χ3v) is 2.89. The standard InChI is InChI=1S/2C8H5NO.BH3/c2*10-8-5-6-3-1-2-4-7(6)9-8;/h2*1-5H;1H3. The van der Waals surface area contributed by atoms with Gasteiger partial charge >= 0.3 is 0 Å². The van der Waals surface area contributed by atoms with E-state index in [4.69, 9.17) is 0 Å². The number of rotatable bonds is 0. The van der Waals surface area contributed by atoms with Crippen molar-refractivity contribution in [1.82, 2.24) is 0 Å². The molecule has 0 radical (unpaired) electrons. The van der Waals surface area contributed by atoms with Gasteiger partial charge in [0.2, 0.25) is 0 Å². The molecule has 0 spiro atoms. The summed E-state index contributed by atoms with van der Waals surface area (Å²) in [6.45, 7) is 0. The molecule has 0 saturated carbocycles. The van der Waals surface area contributed by atoms with Gasteiger partial charge in [-0.25, -0.2) is 9.98 Å². The summed E-state index contributed by atoms with van der Waals surface area (Å²) in [6.07, 6.45) is 3.07. The van der Waals surface area contributed by atoms with Crippen molar-refractivity contribution in [2.75, 3.05) is 0 Å². The van der Waals surface area contributed by atoms with Gasteiger partial charge in [-0.2, -0.15) is 0 Å². The number of nitrogens with zero attached hydrogens (tertiary/aromatic N) is 2. The van der Waals surface area contributed by atoms with Crippen LogP contribution in [0.3, 0.4) is 0 Å². The first-order chi connectivity index (χ1) is 9.72. The summed E-state index contributed by atoms with van der Waals surface area (Å²) in [4.78, 5) is 28.9. The lowest BCUT2D eigenvalue weighted by Gasteiger charge is -1.77. The molecule has 5 heteroatoms. The summed E-state index contributed by atoms with van der Waals surface area (Å²) >= 11 is 0. The van der Waals surface area contributed by atoms with Gasteiger partial charge in [0.05, 0.1) is 19.1 Å². The number of carbonyl (C=O) groups is 2. The van der Waals surface area contributed by atoms with E-state index in [9.17, 15) is 9.59 Å². The Balaban J connectivity index is 0.000000147. The van der Waals surface area contributed by atoms with Gasteiger partial charge in [-0.3, -0.25) is 9.59 Å². The highest BCUT2D eigenvalue weighted by Gasteiger charge is 2.00. The van der Waals surface area contributed by atoms with Crippen molar-refractivity contribution >= 4 is 32.4 Å². The molecule has 4 rings (SSSR count). The number of amides is 2. The number of carbonyl (C=O) groups excluding carboxylic acids is 2. The van der Waals surface area contributed by atoms with Crippen LogP contribution in [-0.4, -0.2) is 20.2 Å². The maximum Gasteiger partial charge on any atom is 0.270 e. The molecular formula is C16H13BN2O2. The van der Waals surface area contributed by atoms with E-state index in [2.05, 4.69) is 9.98 Å². The Bertz CT molecular complexity index is 795. The van der Waals surface area contributed by atoms with Gasteiger partial charge < -0.3 is 0 Å². The molecule has 0 fully saturated rings. The Hall–Kier alpha value is -2.82. The average Bonchev–Trinajstić information content (AvgIpc) is 2.99. The second-order valence-electron chi connectivity index (χ2n) is 4.31. The predicted molar refractivity (Wildman–Crippen MR) is 83.3 cm³/mol. The molecule has 0 aliphatic carbocycles. The molecule has 2 aromatic rings. The maximum absolute atomic E-state index is 10.7. The quantitative estimate of drug-likeness (QED) is 0.526. The summed E-state index contributed by atoms with van der Waals surface area (Å²) in [6, 6.07) is 14.9. The highest BCUT2D eigenvalue weighted by molar-refractivity contribution is 6.06. The van der Waals surface area contributed by atoms with Crippen molar-refractivity contribution in [3.8, 4) is 0 Å². The fourth-order valence-electron chi connectivity index (χ4n) is 1.99. The van der Waals surface area contributed by atoms with E-state index < -0.39 is 0 Å². The number of para-hydroxylation sites is 2. The molecule has 2 heterocycles. The lowest BCUT2D eigenvalue weighted by molar-refractivity contribution is -0.113. The van der Waals surface area contributed by atoms with Gasteiger partial charge in [-0.1, -0.05) is 36.4 Å². The first-order valence-corrected chi connectivity index (χ1v) is 6.11. The molecule has 0 atom stereocenters. The summed E-state index contributed by atoms with van der Waals surface area (Å²) < 4.78 is 0. The lowest BCUT2D eigenvalue weighted by Crippen LogP contribution is -2.19. The summed E-state index contributed by atoms with van der Waals surface area (Å²) in [5, 5.41) is 3.42. The Morgan fingerprint density at radius 3 is 1.38 bits per heavy atom. The van der Waals surface area contributed by atoms with Gasteiger partial charge in [0.25, 0.3) is 11.8 Å². The Kier molecular flexibility index (Phi) is 4.23. The molecular weight excluding hydrogens is 263 g/mol. The Morgan fingerprint density at radius 2 is 1.00 bits per heavy atom. The third-order valence-electron chi connectivity index (χ3n) is 2.89. The van der Waals surface area contributed by atoms with Crippen molar-refractivity contribution in [3.63, 3.8) is 0 Å². The summed E-state index contributed by atoms with van der Waals surface area (Å²) in [5.41, 5.74) is 0. The van der Waals surface area contributed by atoms with Crippen molar-refractivity contribution in [2.24, 2.45) is 9.98 Å². The first-order valence-electron chi connectivity index (χ1n) is 6.11. The van der Waals surface area contributed by atoms with Crippen LogP contribution in [-0.2, 0) is 9.59 Å². The largest absolute Gasteiger partial charge is 0.270 e. The van der Waals surface area contributed by atoms with Crippen LogP contribution in [0.15, 0.2) is 58.5 Å². The van der Waals surface area contributed by atoms with E-state index in [1.165, 1.54) is 12.2 Å². The van der Waals surface area contributed by atoms with Crippen molar-refractivity contribution in [1.29, 1.82) is 0 Å². The lowest BCUT2D eigenvalue weighted by atomic mass is 10.3. The Labute approximate surface area is 122 Å². The normalized spacial score (nSPS) is 13.1. The van der Waals surface area contributed by atoms with E-state index in [1.54, 1.807) is 0 Å². The number of hydrogen-bond acceptors (Lipinski definition) is 2. The van der Waals surface area contributed by atoms with Crippen LogP contribution < -0.4 is 21.2 Å². The zero-order valence-corrected chi connectivity index (χ0v) is 10.5. The minimum Gasteiger partial charge on any atom is -0.267 e. The van der Waals surface area contributed by atoms with Crippen LogP contribution in [0, 0.1) is 0 Å². The molecule has 0 N–H and O–H groups in total. The highest BCUT2D eigenvalue weighted by atomic mass is 16.1. The predicted octanol–water partition coefficient (Wildman–Crippen LogP) is -1.93. The van der Waals surface area contributed by atoms with E-state index in [-0.39, 0.29) is 20.2 Å². The van der Waals surface area contributed by atoms with Gasteiger partial charge in [0.15, 0.2) is 0 Å². The molecule has 0 saturated heterocycles. The molecule has 2 aromatic carbocycles. The third kappa shape index (κ3) is 3.20. The van der Waals surface area contributed by atoms with Crippen LogP contribution in [0.4, 0.5) is 0 Å². The molecule has 102 valence electrons. The topological polar surface area (TPSA) is 58.9 Å². The zero-order valence-electron chi connectivity index (χ0n) is 10.5. The van der Waals surface area contributed by atoms with E-state index in [0.29, 0.717) is 0 Å². The van der Waals surface area contributed by atoms with E-state index in [1.807, 2.05) is 48.5 Å². The molecule has 0 bridgehead atoms. The molecule has 2 aliphatic heterocycles. The van der Waals surface area contributed by atoms with E-state index >= 15 is 0 Å². The minimum atomic E-state index is -0.152. The van der Waals surface area contributed by atoms with Crippen LogP contribution in [0.1, 0.15) is 0 Å². The monoisotopic (exact) mass is 276 g/mol. The van der Waals surface area contributed by atoms with Gasteiger partial charge in [0, 0.05) is 22.6 Å².